The largest absolute Gasteiger partial charge is 0.389 e. The monoisotopic (exact) mass is 592 g/mol. The maximum absolute atomic E-state index is 12.7. The lowest BCUT2D eigenvalue weighted by Crippen LogP contribution is -2.56. The number of aliphatic hydroxyl groups excluding tert-OH is 1. The number of benzene rings is 2. The van der Waals surface area contributed by atoms with Gasteiger partial charge < -0.3 is 34.6 Å². The highest BCUT2D eigenvalue weighted by Gasteiger charge is 2.40. The van der Waals surface area contributed by atoms with Crippen molar-refractivity contribution in [3.05, 3.63) is 70.9 Å². The van der Waals surface area contributed by atoms with Gasteiger partial charge in [0.2, 0.25) is 5.91 Å². The van der Waals surface area contributed by atoms with Crippen LogP contribution in [0, 0.1) is 0 Å². The number of piperidine rings is 2. The molecule has 3 aliphatic heterocycles. The number of anilines is 1. The van der Waals surface area contributed by atoms with Gasteiger partial charge in [-0.25, -0.2) is 0 Å². The highest BCUT2D eigenvalue weighted by atomic mass is 35.5. The van der Waals surface area contributed by atoms with Gasteiger partial charge in [0.15, 0.2) is 0 Å². The number of fused-ring (bicyclic) bond motifs is 1. The first kappa shape index (κ1) is 29.2. The molecule has 0 bridgehead atoms. The van der Waals surface area contributed by atoms with Crippen LogP contribution in [0.3, 0.4) is 0 Å². The number of hydrogen-bond acceptors (Lipinski definition) is 6. The Hall–Kier alpha value is -2.88. The number of nitrogens with zero attached hydrogens (tertiary/aromatic N) is 3. The SMILES string of the molecule is O=C(C=Cc1ccc(Cl)cc1)N1CCC(O)(C(O)CN2CCC(c3c[nH]c4ccc(N5CCOCC5)cc34)CC2)CC1. The minimum absolute atomic E-state index is 0.0853. The lowest BCUT2D eigenvalue weighted by Gasteiger charge is -2.43. The van der Waals surface area contributed by atoms with Crippen molar-refractivity contribution >= 4 is 40.2 Å². The zero-order valence-electron chi connectivity index (χ0n) is 24.1. The van der Waals surface area contributed by atoms with Crippen LogP contribution >= 0.6 is 11.6 Å². The number of morpholine rings is 1. The van der Waals surface area contributed by atoms with Gasteiger partial charge in [-0.3, -0.25) is 4.79 Å². The second-order valence-electron chi connectivity index (χ2n) is 12.0. The smallest absolute Gasteiger partial charge is 0.246 e. The summed E-state index contributed by atoms with van der Waals surface area (Å²) in [6, 6.07) is 14.0. The summed E-state index contributed by atoms with van der Waals surface area (Å²) in [6.07, 6.45) is 7.43. The number of rotatable bonds is 7. The molecule has 0 spiro atoms. The molecule has 0 saturated carbocycles. The van der Waals surface area contributed by atoms with E-state index in [4.69, 9.17) is 16.3 Å². The Labute approximate surface area is 252 Å². The van der Waals surface area contributed by atoms with Crippen LogP contribution in [0.15, 0.2) is 54.7 Å². The molecule has 1 amide bonds. The van der Waals surface area contributed by atoms with Crippen molar-refractivity contribution in [2.24, 2.45) is 0 Å². The van der Waals surface area contributed by atoms with Crippen molar-refractivity contribution in [2.45, 2.75) is 43.3 Å². The second-order valence-corrected chi connectivity index (χ2v) is 12.4. The number of ether oxygens (including phenoxy) is 1. The van der Waals surface area contributed by atoms with Crippen LogP contribution in [0.2, 0.25) is 5.02 Å². The van der Waals surface area contributed by atoms with Crippen LogP contribution in [0.1, 0.15) is 42.7 Å². The molecule has 8 nitrogen and oxygen atoms in total. The van der Waals surface area contributed by atoms with Gasteiger partial charge in [0, 0.05) is 66.6 Å². The summed E-state index contributed by atoms with van der Waals surface area (Å²) in [7, 11) is 0. The number of nitrogens with one attached hydrogen (secondary N) is 1. The molecule has 0 radical (unpaired) electrons. The molecule has 3 aromatic rings. The molecule has 1 aromatic heterocycles. The molecule has 6 rings (SSSR count). The van der Waals surface area contributed by atoms with Crippen LogP contribution in [-0.2, 0) is 9.53 Å². The van der Waals surface area contributed by atoms with Gasteiger partial charge >= 0.3 is 0 Å². The van der Waals surface area contributed by atoms with Crippen LogP contribution < -0.4 is 4.90 Å². The van der Waals surface area contributed by atoms with Gasteiger partial charge in [0.05, 0.1) is 24.9 Å². The quantitative estimate of drug-likeness (QED) is 0.355. The maximum atomic E-state index is 12.7. The molecule has 4 heterocycles. The Balaban J connectivity index is 0.994. The number of amides is 1. The van der Waals surface area contributed by atoms with Gasteiger partial charge in [-0.2, -0.15) is 0 Å². The predicted molar refractivity (Wildman–Crippen MR) is 167 cm³/mol. The molecular formula is C33H41ClN4O4. The van der Waals surface area contributed by atoms with E-state index < -0.39 is 11.7 Å². The van der Waals surface area contributed by atoms with E-state index in [-0.39, 0.29) is 5.91 Å². The van der Waals surface area contributed by atoms with Crippen molar-refractivity contribution in [1.29, 1.82) is 0 Å². The topological polar surface area (TPSA) is 92.3 Å². The summed E-state index contributed by atoms with van der Waals surface area (Å²) in [5, 5.41) is 24.3. The predicted octanol–water partition coefficient (Wildman–Crippen LogP) is 4.27. The van der Waals surface area contributed by atoms with E-state index in [1.807, 2.05) is 12.1 Å². The molecule has 2 aromatic carbocycles. The third kappa shape index (κ3) is 6.53. The summed E-state index contributed by atoms with van der Waals surface area (Å²) in [4.78, 5) is 22.6. The number of carbonyl (C=O) groups is 1. The first-order chi connectivity index (χ1) is 20.4. The van der Waals surface area contributed by atoms with E-state index in [1.165, 1.54) is 22.2 Å². The number of likely N-dealkylation sites (tertiary alicyclic amines) is 2. The van der Waals surface area contributed by atoms with Gasteiger partial charge in [0.1, 0.15) is 0 Å². The summed E-state index contributed by atoms with van der Waals surface area (Å²) < 4.78 is 5.53. The van der Waals surface area contributed by atoms with Crippen molar-refractivity contribution < 1.29 is 19.7 Å². The Kier molecular flexibility index (Phi) is 8.88. The van der Waals surface area contributed by atoms with E-state index >= 15 is 0 Å². The van der Waals surface area contributed by atoms with Crippen molar-refractivity contribution in [1.82, 2.24) is 14.8 Å². The highest BCUT2D eigenvalue weighted by molar-refractivity contribution is 6.30. The second kappa shape index (κ2) is 12.8. The average molecular weight is 593 g/mol. The zero-order chi connectivity index (χ0) is 29.1. The third-order valence-corrected chi connectivity index (χ3v) is 9.63. The molecule has 1 unspecified atom stereocenters. The van der Waals surface area contributed by atoms with Crippen LogP contribution in [0.25, 0.3) is 17.0 Å². The molecule has 1 atom stereocenters. The molecule has 0 aliphatic carbocycles. The minimum atomic E-state index is -1.18. The van der Waals surface area contributed by atoms with Crippen LogP contribution in [0.4, 0.5) is 5.69 Å². The first-order valence-corrected chi connectivity index (χ1v) is 15.5. The third-order valence-electron chi connectivity index (χ3n) is 9.38. The molecule has 3 saturated heterocycles. The fourth-order valence-corrected chi connectivity index (χ4v) is 6.75. The fraction of sp³-hybridized carbons (Fsp3) is 0.485. The highest BCUT2D eigenvalue weighted by Crippen LogP contribution is 2.36. The van der Waals surface area contributed by atoms with Crippen molar-refractivity contribution in [3.63, 3.8) is 0 Å². The number of carbonyl (C=O) groups excluding carboxylic acids is 1. The fourth-order valence-electron chi connectivity index (χ4n) is 6.62. The van der Waals surface area contributed by atoms with Gasteiger partial charge in [-0.1, -0.05) is 23.7 Å². The zero-order valence-corrected chi connectivity index (χ0v) is 24.8. The minimum Gasteiger partial charge on any atom is -0.389 e. The molecule has 3 aliphatic rings. The van der Waals surface area contributed by atoms with Crippen LogP contribution in [0.5, 0.6) is 0 Å². The number of H-pyrrole nitrogens is 1. The lowest BCUT2D eigenvalue weighted by molar-refractivity contribution is -0.140. The Bertz CT molecular complexity index is 1380. The van der Waals surface area contributed by atoms with Crippen molar-refractivity contribution in [3.8, 4) is 0 Å². The number of halogens is 1. The molecule has 42 heavy (non-hydrogen) atoms. The standard InChI is InChI=1S/C33H41ClN4O4/c34-26-4-1-24(2-5-26)3-8-32(40)38-15-11-33(41,12-16-38)31(39)23-36-13-9-25(10-14-36)29-22-35-30-7-6-27(21-28(29)30)37-17-19-42-20-18-37/h1-8,21-22,25,31,35,39,41H,9-20,23H2. The summed E-state index contributed by atoms with van der Waals surface area (Å²) in [5.74, 6) is 0.378. The Morgan fingerprint density at radius 2 is 1.76 bits per heavy atom. The molecule has 9 heteroatoms. The first-order valence-electron chi connectivity index (χ1n) is 15.2. The van der Waals surface area contributed by atoms with Gasteiger partial charge in [-0.15, -0.1) is 0 Å². The van der Waals surface area contributed by atoms with E-state index in [1.54, 1.807) is 29.2 Å². The number of aromatic nitrogens is 1. The van der Waals surface area contributed by atoms with E-state index in [0.29, 0.717) is 43.4 Å². The molecule has 3 N–H and O–H groups in total. The normalized spacial score (nSPS) is 21.3. The summed E-state index contributed by atoms with van der Waals surface area (Å²) >= 11 is 5.93. The number of β-amino-alcohol motifs (C(OH)–C–C–N with tert-alkyl or cyclic N) is 1. The maximum Gasteiger partial charge on any atom is 0.246 e. The number of aromatic amines is 1. The summed E-state index contributed by atoms with van der Waals surface area (Å²) in [6.45, 7) is 6.46. The van der Waals surface area contributed by atoms with E-state index in [2.05, 4.69) is 39.2 Å². The van der Waals surface area contributed by atoms with Gasteiger partial charge in [0.25, 0.3) is 0 Å². The number of aliphatic hydroxyl groups is 2. The number of hydrogen-bond donors (Lipinski definition) is 3. The molecule has 3 fully saturated rings. The molecular weight excluding hydrogens is 552 g/mol. The van der Waals surface area contributed by atoms with E-state index in [9.17, 15) is 15.0 Å². The van der Waals surface area contributed by atoms with Crippen LogP contribution in [-0.4, -0.2) is 102 Å². The summed E-state index contributed by atoms with van der Waals surface area (Å²) in [5.41, 5.74) is 3.53. The van der Waals surface area contributed by atoms with Gasteiger partial charge in [-0.05, 0) is 92.2 Å². The van der Waals surface area contributed by atoms with Crippen molar-refractivity contribution in [2.75, 3.05) is 63.9 Å². The Morgan fingerprint density at radius 3 is 2.48 bits per heavy atom. The average Bonchev–Trinajstić information content (AvgIpc) is 3.45. The van der Waals surface area contributed by atoms with E-state index in [0.717, 1.165) is 57.8 Å². The lowest BCUT2D eigenvalue weighted by atomic mass is 9.84. The molecule has 224 valence electrons. The Morgan fingerprint density at radius 1 is 1.05 bits per heavy atom.